The van der Waals surface area contributed by atoms with Gasteiger partial charge in [-0.3, -0.25) is 4.79 Å². The van der Waals surface area contributed by atoms with Gasteiger partial charge < -0.3 is 14.8 Å². The number of rotatable bonds is 4. The van der Waals surface area contributed by atoms with Crippen LogP contribution >= 0.6 is 0 Å². The smallest absolute Gasteiger partial charge is 0.249 e. The molecule has 1 fully saturated rings. The number of amides is 1. The van der Waals surface area contributed by atoms with Gasteiger partial charge in [0.25, 0.3) is 0 Å². The molecule has 0 radical (unpaired) electrons. The Morgan fingerprint density at radius 2 is 2.58 bits per heavy atom. The van der Waals surface area contributed by atoms with Crippen LogP contribution < -0.4 is 5.32 Å². The summed E-state index contributed by atoms with van der Waals surface area (Å²) in [4.78, 5) is 11.2. The summed E-state index contributed by atoms with van der Waals surface area (Å²) < 4.78 is 9.99. The van der Waals surface area contributed by atoms with Crippen molar-refractivity contribution in [2.75, 3.05) is 26.9 Å². The van der Waals surface area contributed by atoms with E-state index in [2.05, 4.69) is 5.32 Å². The summed E-state index contributed by atoms with van der Waals surface area (Å²) in [5.74, 6) is -0.00968. The van der Waals surface area contributed by atoms with Crippen LogP contribution in [-0.2, 0) is 14.3 Å². The number of hydrogen-bond donors (Lipinski definition) is 1. The third-order valence-electron chi connectivity index (χ3n) is 1.83. The quantitative estimate of drug-likeness (QED) is 0.605. The van der Waals surface area contributed by atoms with Crippen LogP contribution in [0.4, 0.5) is 0 Å². The third kappa shape index (κ3) is 2.79. The minimum Gasteiger partial charge on any atom is -0.383 e. The molecule has 0 spiro atoms. The molecule has 1 saturated heterocycles. The molecule has 12 heavy (non-hydrogen) atoms. The Labute approximate surface area is 72.2 Å². The van der Waals surface area contributed by atoms with E-state index in [1.54, 1.807) is 7.11 Å². The van der Waals surface area contributed by atoms with Crippen LogP contribution in [0.15, 0.2) is 0 Å². The van der Waals surface area contributed by atoms with Crippen molar-refractivity contribution in [3.8, 4) is 0 Å². The molecule has 1 N–H and O–H groups in total. The molecule has 1 aliphatic heterocycles. The van der Waals surface area contributed by atoms with Crippen molar-refractivity contribution in [2.24, 2.45) is 0 Å². The minimum atomic E-state index is -0.221. The molecule has 1 heterocycles. The fraction of sp³-hybridized carbons (Fsp3) is 0.875. The highest BCUT2D eigenvalue weighted by molar-refractivity contribution is 5.80. The molecule has 0 aromatic rings. The Kier molecular flexibility index (Phi) is 4.04. The van der Waals surface area contributed by atoms with E-state index in [1.165, 1.54) is 0 Å². The number of nitrogens with one attached hydrogen (secondary N) is 1. The monoisotopic (exact) mass is 173 g/mol. The summed E-state index contributed by atoms with van der Waals surface area (Å²) in [5.41, 5.74) is 0. The second-order valence-electron chi connectivity index (χ2n) is 2.79. The van der Waals surface area contributed by atoms with Gasteiger partial charge >= 0.3 is 0 Å². The largest absolute Gasteiger partial charge is 0.383 e. The zero-order valence-electron chi connectivity index (χ0n) is 7.34. The summed E-state index contributed by atoms with van der Waals surface area (Å²) >= 11 is 0. The number of methoxy groups -OCH3 is 1. The SMILES string of the molecule is COCCNC(=O)C1CCCO1. The van der Waals surface area contributed by atoms with Crippen LogP contribution in [0, 0.1) is 0 Å². The zero-order chi connectivity index (χ0) is 8.81. The predicted molar refractivity (Wildman–Crippen MR) is 43.9 cm³/mol. The van der Waals surface area contributed by atoms with Gasteiger partial charge in [0.15, 0.2) is 0 Å². The number of hydrogen-bond acceptors (Lipinski definition) is 3. The maximum atomic E-state index is 11.2. The second-order valence-corrected chi connectivity index (χ2v) is 2.79. The molecule has 1 amide bonds. The average molecular weight is 173 g/mol. The molecule has 0 aliphatic carbocycles. The number of carbonyl (C=O) groups is 1. The van der Waals surface area contributed by atoms with E-state index in [0.717, 1.165) is 12.8 Å². The van der Waals surface area contributed by atoms with Crippen molar-refractivity contribution in [2.45, 2.75) is 18.9 Å². The van der Waals surface area contributed by atoms with Crippen molar-refractivity contribution in [3.05, 3.63) is 0 Å². The van der Waals surface area contributed by atoms with E-state index in [0.29, 0.717) is 19.8 Å². The fourth-order valence-corrected chi connectivity index (χ4v) is 1.17. The molecular formula is C8H15NO3. The zero-order valence-corrected chi connectivity index (χ0v) is 7.34. The molecule has 1 aliphatic rings. The lowest BCUT2D eigenvalue weighted by Crippen LogP contribution is -2.35. The molecule has 0 aromatic heterocycles. The first kappa shape index (κ1) is 9.48. The maximum Gasteiger partial charge on any atom is 0.249 e. The van der Waals surface area contributed by atoms with Crippen molar-refractivity contribution in [3.63, 3.8) is 0 Å². The van der Waals surface area contributed by atoms with Crippen LogP contribution in [0.1, 0.15) is 12.8 Å². The van der Waals surface area contributed by atoms with Crippen LogP contribution in [0.2, 0.25) is 0 Å². The molecule has 1 rings (SSSR count). The normalized spacial score (nSPS) is 22.6. The lowest BCUT2D eigenvalue weighted by atomic mass is 10.2. The molecule has 1 unspecified atom stereocenters. The summed E-state index contributed by atoms with van der Waals surface area (Å²) in [6.07, 6.45) is 1.61. The van der Waals surface area contributed by atoms with E-state index >= 15 is 0 Å². The van der Waals surface area contributed by atoms with E-state index in [9.17, 15) is 4.79 Å². The Bertz CT molecular complexity index is 143. The Morgan fingerprint density at radius 1 is 1.75 bits per heavy atom. The van der Waals surface area contributed by atoms with E-state index in [-0.39, 0.29) is 12.0 Å². The van der Waals surface area contributed by atoms with Gasteiger partial charge in [0.1, 0.15) is 6.10 Å². The molecule has 1 atom stereocenters. The third-order valence-corrected chi connectivity index (χ3v) is 1.83. The van der Waals surface area contributed by atoms with Crippen molar-refractivity contribution >= 4 is 5.91 Å². The van der Waals surface area contributed by atoms with Crippen molar-refractivity contribution in [1.82, 2.24) is 5.32 Å². The maximum absolute atomic E-state index is 11.2. The summed E-state index contributed by atoms with van der Waals surface area (Å²) in [6.45, 7) is 1.83. The van der Waals surface area contributed by atoms with Crippen LogP contribution in [0.25, 0.3) is 0 Å². The topological polar surface area (TPSA) is 47.6 Å². The molecule has 4 nitrogen and oxygen atoms in total. The Balaban J connectivity index is 2.10. The first-order chi connectivity index (χ1) is 5.84. The van der Waals surface area contributed by atoms with Gasteiger partial charge in [-0.1, -0.05) is 0 Å². The highest BCUT2D eigenvalue weighted by atomic mass is 16.5. The predicted octanol–water partition coefficient (Wildman–Crippen LogP) is -0.0720. The summed E-state index contributed by atoms with van der Waals surface area (Å²) in [6, 6.07) is 0. The number of carbonyl (C=O) groups excluding carboxylic acids is 1. The van der Waals surface area contributed by atoms with Gasteiger partial charge in [0.2, 0.25) is 5.91 Å². The van der Waals surface area contributed by atoms with Crippen molar-refractivity contribution < 1.29 is 14.3 Å². The van der Waals surface area contributed by atoms with Gasteiger partial charge in [0.05, 0.1) is 6.61 Å². The lowest BCUT2D eigenvalue weighted by Gasteiger charge is -2.09. The highest BCUT2D eigenvalue weighted by Crippen LogP contribution is 2.11. The molecule has 0 saturated carbocycles. The lowest BCUT2D eigenvalue weighted by molar-refractivity contribution is -0.130. The Morgan fingerprint density at radius 3 is 3.17 bits per heavy atom. The minimum absolute atomic E-state index is 0.00968. The van der Waals surface area contributed by atoms with Crippen LogP contribution in [0.3, 0.4) is 0 Å². The van der Waals surface area contributed by atoms with Gasteiger partial charge in [-0.05, 0) is 12.8 Å². The first-order valence-corrected chi connectivity index (χ1v) is 4.23. The highest BCUT2D eigenvalue weighted by Gasteiger charge is 2.22. The summed E-state index contributed by atoms with van der Waals surface area (Å²) in [7, 11) is 1.61. The van der Waals surface area contributed by atoms with Gasteiger partial charge in [0, 0.05) is 20.3 Å². The van der Waals surface area contributed by atoms with E-state index < -0.39 is 0 Å². The standard InChI is InChI=1S/C8H15NO3/c1-11-6-4-9-8(10)7-3-2-5-12-7/h7H,2-6H2,1H3,(H,9,10). The van der Waals surface area contributed by atoms with E-state index in [4.69, 9.17) is 9.47 Å². The first-order valence-electron chi connectivity index (χ1n) is 4.23. The van der Waals surface area contributed by atoms with Crippen molar-refractivity contribution in [1.29, 1.82) is 0 Å². The Hall–Kier alpha value is -0.610. The second kappa shape index (κ2) is 5.11. The summed E-state index contributed by atoms with van der Waals surface area (Å²) in [5, 5.41) is 2.74. The molecular weight excluding hydrogens is 158 g/mol. The molecule has 4 heteroatoms. The van der Waals surface area contributed by atoms with Gasteiger partial charge in [-0.25, -0.2) is 0 Å². The number of ether oxygens (including phenoxy) is 2. The molecule has 0 aromatic carbocycles. The average Bonchev–Trinajstić information content (AvgIpc) is 2.56. The van der Waals surface area contributed by atoms with E-state index in [1.807, 2.05) is 0 Å². The molecule has 70 valence electrons. The fourth-order valence-electron chi connectivity index (χ4n) is 1.17. The van der Waals surface area contributed by atoms with Gasteiger partial charge in [-0.15, -0.1) is 0 Å². The van der Waals surface area contributed by atoms with Gasteiger partial charge in [-0.2, -0.15) is 0 Å². The van der Waals surface area contributed by atoms with Crippen LogP contribution in [-0.4, -0.2) is 38.9 Å². The van der Waals surface area contributed by atoms with Crippen LogP contribution in [0.5, 0.6) is 0 Å². The molecule has 0 bridgehead atoms.